The van der Waals surface area contributed by atoms with Gasteiger partial charge in [0.1, 0.15) is 5.69 Å². The molecule has 1 saturated heterocycles. The minimum Gasteiger partial charge on any atom is -0.273 e. The summed E-state index contributed by atoms with van der Waals surface area (Å²) in [6.07, 6.45) is 1.74. The molecule has 8 heteroatoms. The Morgan fingerprint density at radius 2 is 2.05 bits per heavy atom. The molecule has 1 aliphatic heterocycles. The molecule has 7 nitrogen and oxygen atoms in total. The third kappa shape index (κ3) is 3.50. The predicted octanol–water partition coefficient (Wildman–Crippen LogP) is -0.723. The molecule has 0 bridgehead atoms. The highest BCUT2D eigenvalue weighted by Gasteiger charge is 2.33. The number of amides is 2. The van der Waals surface area contributed by atoms with E-state index in [0.29, 0.717) is 0 Å². The van der Waals surface area contributed by atoms with Gasteiger partial charge in [0, 0.05) is 6.20 Å². The SMILES string of the molecule is O=C(NNC(=O)[C@@H]1CCS(=O)(=O)C1)c1ccccn1. The lowest BCUT2D eigenvalue weighted by Crippen LogP contribution is -2.45. The molecule has 2 N–H and O–H groups in total. The molecule has 0 unspecified atom stereocenters. The van der Waals surface area contributed by atoms with Crippen LogP contribution >= 0.6 is 0 Å². The van der Waals surface area contributed by atoms with Crippen molar-refractivity contribution in [2.45, 2.75) is 6.42 Å². The number of nitrogens with zero attached hydrogens (tertiary/aromatic N) is 1. The van der Waals surface area contributed by atoms with Crippen LogP contribution in [-0.4, -0.2) is 36.7 Å². The molecule has 2 rings (SSSR count). The molecule has 0 radical (unpaired) electrons. The Bertz CT molecular complexity index is 585. The van der Waals surface area contributed by atoms with E-state index in [2.05, 4.69) is 15.8 Å². The maximum atomic E-state index is 11.7. The lowest BCUT2D eigenvalue weighted by molar-refractivity contribution is -0.125. The summed E-state index contributed by atoms with van der Waals surface area (Å²) in [6, 6.07) is 4.81. The fourth-order valence-electron chi connectivity index (χ4n) is 1.78. The summed E-state index contributed by atoms with van der Waals surface area (Å²) >= 11 is 0. The molecule has 0 spiro atoms. The lowest BCUT2D eigenvalue weighted by Gasteiger charge is -2.10. The Kier molecular flexibility index (Phi) is 3.79. The quantitative estimate of drug-likeness (QED) is 0.697. The Morgan fingerprint density at radius 1 is 1.26 bits per heavy atom. The largest absolute Gasteiger partial charge is 0.288 e. The van der Waals surface area contributed by atoms with Crippen molar-refractivity contribution >= 4 is 21.7 Å². The number of pyridine rings is 1. The van der Waals surface area contributed by atoms with Crippen LogP contribution < -0.4 is 10.9 Å². The minimum absolute atomic E-state index is 0.0132. The average Bonchev–Trinajstić information content (AvgIpc) is 2.77. The second-order valence-corrected chi connectivity index (χ2v) is 6.49. The first-order valence-electron chi connectivity index (χ1n) is 5.69. The van der Waals surface area contributed by atoms with E-state index >= 15 is 0 Å². The van der Waals surface area contributed by atoms with Crippen molar-refractivity contribution in [3.63, 3.8) is 0 Å². The fourth-order valence-corrected chi connectivity index (χ4v) is 3.52. The monoisotopic (exact) mass is 283 g/mol. The van der Waals surface area contributed by atoms with E-state index in [0.717, 1.165) is 0 Å². The highest BCUT2D eigenvalue weighted by atomic mass is 32.2. The zero-order valence-corrected chi connectivity index (χ0v) is 10.8. The van der Waals surface area contributed by atoms with Gasteiger partial charge in [-0.05, 0) is 18.6 Å². The molecular weight excluding hydrogens is 270 g/mol. The number of rotatable bonds is 2. The number of aromatic nitrogens is 1. The van der Waals surface area contributed by atoms with Crippen LogP contribution in [0.15, 0.2) is 24.4 Å². The first kappa shape index (κ1) is 13.5. The van der Waals surface area contributed by atoms with Crippen LogP contribution in [0.4, 0.5) is 0 Å². The molecule has 0 saturated carbocycles. The molecule has 0 aromatic carbocycles. The zero-order chi connectivity index (χ0) is 13.9. The number of carbonyl (C=O) groups is 2. The van der Waals surface area contributed by atoms with Crippen molar-refractivity contribution < 1.29 is 18.0 Å². The van der Waals surface area contributed by atoms with Gasteiger partial charge in [-0.25, -0.2) is 8.42 Å². The molecule has 1 aliphatic rings. The first-order valence-corrected chi connectivity index (χ1v) is 7.52. The molecular formula is C11H13N3O4S. The van der Waals surface area contributed by atoms with Crippen LogP contribution in [0, 0.1) is 5.92 Å². The van der Waals surface area contributed by atoms with Gasteiger partial charge in [0.15, 0.2) is 9.84 Å². The lowest BCUT2D eigenvalue weighted by atomic mass is 10.1. The van der Waals surface area contributed by atoms with Crippen LogP contribution in [0.5, 0.6) is 0 Å². The van der Waals surface area contributed by atoms with Gasteiger partial charge in [0.25, 0.3) is 5.91 Å². The average molecular weight is 283 g/mol. The molecule has 1 atom stereocenters. The van der Waals surface area contributed by atoms with E-state index in [-0.39, 0.29) is 23.6 Å². The van der Waals surface area contributed by atoms with Crippen LogP contribution in [0.25, 0.3) is 0 Å². The summed E-state index contributed by atoms with van der Waals surface area (Å²) in [7, 11) is -3.12. The van der Waals surface area contributed by atoms with Crippen molar-refractivity contribution in [1.29, 1.82) is 0 Å². The molecule has 1 fully saturated rings. The number of sulfone groups is 1. The normalized spacial score (nSPS) is 20.7. The van der Waals surface area contributed by atoms with Crippen LogP contribution in [0.2, 0.25) is 0 Å². The van der Waals surface area contributed by atoms with Gasteiger partial charge in [-0.1, -0.05) is 6.07 Å². The van der Waals surface area contributed by atoms with Gasteiger partial charge in [-0.3, -0.25) is 25.4 Å². The summed E-state index contributed by atoms with van der Waals surface area (Å²) in [6.45, 7) is 0. The molecule has 2 heterocycles. The number of hydrazine groups is 1. The van der Waals surface area contributed by atoms with Crippen molar-refractivity contribution in [3.8, 4) is 0 Å². The van der Waals surface area contributed by atoms with Gasteiger partial charge >= 0.3 is 0 Å². The first-order chi connectivity index (χ1) is 8.98. The zero-order valence-electron chi connectivity index (χ0n) is 10.00. The topological polar surface area (TPSA) is 105 Å². The van der Waals surface area contributed by atoms with E-state index < -0.39 is 27.6 Å². The Morgan fingerprint density at radius 3 is 2.63 bits per heavy atom. The highest BCUT2D eigenvalue weighted by Crippen LogP contribution is 2.17. The molecule has 102 valence electrons. The number of hydrogen-bond acceptors (Lipinski definition) is 5. The van der Waals surface area contributed by atoms with Crippen molar-refractivity contribution in [2.75, 3.05) is 11.5 Å². The Hall–Kier alpha value is -1.96. The number of hydrogen-bond donors (Lipinski definition) is 2. The summed E-state index contributed by atoms with van der Waals surface area (Å²) < 4.78 is 22.5. The van der Waals surface area contributed by atoms with E-state index in [9.17, 15) is 18.0 Å². The van der Waals surface area contributed by atoms with E-state index in [4.69, 9.17) is 0 Å². The molecule has 1 aromatic heterocycles. The Labute approximate surface area is 110 Å². The van der Waals surface area contributed by atoms with Crippen LogP contribution in [0.1, 0.15) is 16.9 Å². The van der Waals surface area contributed by atoms with Gasteiger partial charge in [-0.15, -0.1) is 0 Å². The smallest absolute Gasteiger partial charge is 0.273 e. The second kappa shape index (κ2) is 5.35. The van der Waals surface area contributed by atoms with Gasteiger partial charge in [0.05, 0.1) is 17.4 Å². The second-order valence-electron chi connectivity index (χ2n) is 4.26. The van der Waals surface area contributed by atoms with E-state index in [1.54, 1.807) is 12.1 Å². The third-order valence-corrected chi connectivity index (χ3v) is 4.57. The minimum atomic E-state index is -3.12. The standard InChI is InChI=1S/C11H13N3O4S/c15-10(8-4-6-19(17,18)7-8)13-14-11(16)9-3-1-2-5-12-9/h1-3,5,8H,4,6-7H2,(H,13,15)(H,14,16)/t8-/m1/s1. The van der Waals surface area contributed by atoms with Crippen molar-refractivity contribution in [1.82, 2.24) is 15.8 Å². The van der Waals surface area contributed by atoms with Crippen LogP contribution in [0.3, 0.4) is 0 Å². The fraction of sp³-hybridized carbons (Fsp3) is 0.364. The Balaban J connectivity index is 1.86. The van der Waals surface area contributed by atoms with Gasteiger partial charge in [0.2, 0.25) is 5.91 Å². The highest BCUT2D eigenvalue weighted by molar-refractivity contribution is 7.91. The summed E-state index contributed by atoms with van der Waals surface area (Å²) in [4.78, 5) is 27.1. The molecule has 2 amide bonds. The maximum absolute atomic E-state index is 11.7. The summed E-state index contributed by atoms with van der Waals surface area (Å²) in [5, 5.41) is 0. The molecule has 0 aliphatic carbocycles. The third-order valence-electron chi connectivity index (χ3n) is 2.80. The van der Waals surface area contributed by atoms with Crippen molar-refractivity contribution in [2.24, 2.45) is 5.92 Å². The van der Waals surface area contributed by atoms with Gasteiger partial charge in [-0.2, -0.15) is 0 Å². The molecule has 19 heavy (non-hydrogen) atoms. The van der Waals surface area contributed by atoms with Crippen LogP contribution in [-0.2, 0) is 14.6 Å². The maximum Gasteiger partial charge on any atom is 0.288 e. The number of nitrogens with one attached hydrogen (secondary N) is 2. The predicted molar refractivity (Wildman–Crippen MR) is 66.6 cm³/mol. The summed E-state index contributed by atoms with van der Waals surface area (Å²) in [5.41, 5.74) is 4.59. The van der Waals surface area contributed by atoms with Crippen molar-refractivity contribution in [3.05, 3.63) is 30.1 Å². The number of carbonyl (C=O) groups excluding carboxylic acids is 2. The van der Waals surface area contributed by atoms with E-state index in [1.165, 1.54) is 12.3 Å². The van der Waals surface area contributed by atoms with E-state index in [1.807, 2.05) is 0 Å². The molecule has 1 aromatic rings. The van der Waals surface area contributed by atoms with Gasteiger partial charge < -0.3 is 0 Å². The summed E-state index contributed by atoms with van der Waals surface area (Å²) in [5.74, 6) is -1.80.